The van der Waals surface area contributed by atoms with E-state index in [1.54, 1.807) is 0 Å². The molecule has 1 aromatic carbocycles. The molecule has 0 atom stereocenters. The number of nitrogens with two attached hydrogens (primary N) is 1. The molecular formula is C13H19NO. The summed E-state index contributed by atoms with van der Waals surface area (Å²) in [5.74, 6) is 0. The molecule has 1 aliphatic rings. The molecule has 2 heteroatoms. The van der Waals surface area contributed by atoms with Crippen molar-refractivity contribution in [3.05, 3.63) is 34.9 Å². The van der Waals surface area contributed by atoms with E-state index in [-0.39, 0.29) is 0 Å². The fourth-order valence-electron chi connectivity index (χ4n) is 2.11. The zero-order chi connectivity index (χ0) is 10.8. The lowest BCUT2D eigenvalue weighted by Crippen LogP contribution is -2.41. The molecule has 0 radical (unpaired) electrons. The summed E-state index contributed by atoms with van der Waals surface area (Å²) < 4.78 is 5.76. The minimum absolute atomic E-state index is 0.370. The van der Waals surface area contributed by atoms with Gasteiger partial charge in [0.05, 0.1) is 12.7 Å². The van der Waals surface area contributed by atoms with Crippen LogP contribution in [0.25, 0.3) is 0 Å². The van der Waals surface area contributed by atoms with Crippen LogP contribution in [0.5, 0.6) is 0 Å². The lowest BCUT2D eigenvalue weighted by molar-refractivity contribution is -0.0188. The van der Waals surface area contributed by atoms with Gasteiger partial charge in [-0.1, -0.05) is 29.3 Å². The van der Waals surface area contributed by atoms with Crippen LogP contribution in [0.4, 0.5) is 0 Å². The van der Waals surface area contributed by atoms with Gasteiger partial charge in [0.25, 0.3) is 0 Å². The smallest absolute Gasteiger partial charge is 0.0720 e. The molecule has 0 saturated heterocycles. The lowest BCUT2D eigenvalue weighted by atomic mass is 9.90. The third kappa shape index (κ3) is 2.80. The van der Waals surface area contributed by atoms with Crippen LogP contribution in [0, 0.1) is 13.8 Å². The van der Waals surface area contributed by atoms with E-state index in [4.69, 9.17) is 10.5 Å². The van der Waals surface area contributed by atoms with Crippen LogP contribution < -0.4 is 5.73 Å². The van der Waals surface area contributed by atoms with Crippen LogP contribution in [-0.2, 0) is 11.3 Å². The van der Waals surface area contributed by atoms with Crippen LogP contribution in [0.3, 0.4) is 0 Å². The number of ether oxygens (including phenoxy) is 1. The van der Waals surface area contributed by atoms with Crippen LogP contribution in [-0.4, -0.2) is 12.1 Å². The first-order valence-corrected chi connectivity index (χ1v) is 5.58. The maximum atomic E-state index is 5.76. The van der Waals surface area contributed by atoms with Crippen LogP contribution in [0.2, 0.25) is 0 Å². The van der Waals surface area contributed by atoms with Gasteiger partial charge in [0.15, 0.2) is 0 Å². The molecule has 2 nitrogen and oxygen atoms in total. The fourth-order valence-corrected chi connectivity index (χ4v) is 2.11. The highest BCUT2D eigenvalue weighted by Gasteiger charge is 2.26. The van der Waals surface area contributed by atoms with Crippen LogP contribution in [0.15, 0.2) is 18.2 Å². The summed E-state index contributed by atoms with van der Waals surface area (Å²) in [6.07, 6.45) is 2.43. The number of benzene rings is 1. The van der Waals surface area contributed by atoms with E-state index in [9.17, 15) is 0 Å². The predicted molar refractivity (Wildman–Crippen MR) is 61.7 cm³/mol. The summed E-state index contributed by atoms with van der Waals surface area (Å²) in [6.45, 7) is 4.96. The van der Waals surface area contributed by atoms with Crippen molar-refractivity contribution in [3.63, 3.8) is 0 Å². The summed E-state index contributed by atoms with van der Waals surface area (Å²) in [4.78, 5) is 0. The van der Waals surface area contributed by atoms with E-state index >= 15 is 0 Å². The van der Waals surface area contributed by atoms with Gasteiger partial charge in [-0.25, -0.2) is 0 Å². The molecule has 1 aromatic rings. The molecule has 0 aliphatic heterocycles. The Hall–Kier alpha value is -0.860. The van der Waals surface area contributed by atoms with Gasteiger partial charge in [-0.05, 0) is 32.3 Å². The van der Waals surface area contributed by atoms with Gasteiger partial charge in [0.1, 0.15) is 0 Å². The first-order chi connectivity index (χ1) is 7.13. The Labute approximate surface area is 91.4 Å². The van der Waals surface area contributed by atoms with Crippen molar-refractivity contribution in [2.75, 3.05) is 0 Å². The Balaban J connectivity index is 1.88. The Morgan fingerprint density at radius 2 is 1.80 bits per heavy atom. The van der Waals surface area contributed by atoms with Gasteiger partial charge in [-0.2, -0.15) is 0 Å². The zero-order valence-corrected chi connectivity index (χ0v) is 9.49. The molecule has 1 fully saturated rings. The van der Waals surface area contributed by atoms with E-state index in [0.717, 1.165) is 19.4 Å². The van der Waals surface area contributed by atoms with Crippen molar-refractivity contribution in [2.24, 2.45) is 5.73 Å². The molecule has 0 heterocycles. The molecule has 0 spiro atoms. The summed E-state index contributed by atoms with van der Waals surface area (Å²) in [7, 11) is 0. The zero-order valence-electron chi connectivity index (χ0n) is 9.49. The molecule has 0 aromatic heterocycles. The minimum Gasteiger partial charge on any atom is -0.373 e. The average molecular weight is 205 g/mol. The summed E-state index contributed by atoms with van der Waals surface area (Å²) in [5.41, 5.74) is 9.59. The van der Waals surface area contributed by atoms with Gasteiger partial charge in [0, 0.05) is 6.04 Å². The molecule has 0 bridgehead atoms. The Kier molecular flexibility index (Phi) is 3.08. The van der Waals surface area contributed by atoms with Crippen molar-refractivity contribution >= 4 is 0 Å². The van der Waals surface area contributed by atoms with Crippen molar-refractivity contribution in [1.82, 2.24) is 0 Å². The maximum Gasteiger partial charge on any atom is 0.0720 e. The van der Waals surface area contributed by atoms with E-state index in [2.05, 4.69) is 32.0 Å². The third-order valence-corrected chi connectivity index (χ3v) is 2.90. The van der Waals surface area contributed by atoms with Gasteiger partial charge in [-0.15, -0.1) is 0 Å². The maximum absolute atomic E-state index is 5.76. The highest BCUT2D eigenvalue weighted by atomic mass is 16.5. The summed E-state index contributed by atoms with van der Waals surface area (Å²) >= 11 is 0. The highest BCUT2D eigenvalue weighted by molar-refractivity contribution is 5.28. The Morgan fingerprint density at radius 1 is 1.20 bits per heavy atom. The van der Waals surface area contributed by atoms with E-state index in [1.165, 1.54) is 16.7 Å². The lowest BCUT2D eigenvalue weighted by Gasteiger charge is -2.32. The summed E-state index contributed by atoms with van der Waals surface area (Å²) in [5, 5.41) is 0. The standard InChI is InChI=1S/C13H19NO/c1-9-3-10(2)5-11(4-9)8-15-13-6-12(14)7-13/h3-5,12-13H,6-8,14H2,1-2H3. The molecule has 1 saturated carbocycles. The number of aryl methyl sites for hydroxylation is 2. The van der Waals surface area contributed by atoms with E-state index in [0.29, 0.717) is 12.1 Å². The van der Waals surface area contributed by atoms with Crippen molar-refractivity contribution < 1.29 is 4.74 Å². The quantitative estimate of drug-likeness (QED) is 0.821. The molecule has 0 unspecified atom stereocenters. The molecule has 15 heavy (non-hydrogen) atoms. The van der Waals surface area contributed by atoms with Crippen molar-refractivity contribution in [1.29, 1.82) is 0 Å². The second-order valence-electron chi connectivity index (χ2n) is 4.66. The number of rotatable bonds is 3. The van der Waals surface area contributed by atoms with E-state index in [1.807, 2.05) is 0 Å². The predicted octanol–water partition coefficient (Wildman–Crippen LogP) is 2.31. The van der Waals surface area contributed by atoms with Gasteiger partial charge in [0.2, 0.25) is 0 Å². The fraction of sp³-hybridized carbons (Fsp3) is 0.538. The van der Waals surface area contributed by atoms with Gasteiger partial charge in [-0.3, -0.25) is 0 Å². The van der Waals surface area contributed by atoms with Crippen LogP contribution >= 0.6 is 0 Å². The van der Waals surface area contributed by atoms with Gasteiger partial charge < -0.3 is 10.5 Å². The monoisotopic (exact) mass is 205 g/mol. The number of hydrogen-bond donors (Lipinski definition) is 1. The number of hydrogen-bond acceptors (Lipinski definition) is 2. The molecule has 2 N–H and O–H groups in total. The molecule has 1 aliphatic carbocycles. The van der Waals surface area contributed by atoms with Crippen LogP contribution in [0.1, 0.15) is 29.5 Å². The highest BCUT2D eigenvalue weighted by Crippen LogP contribution is 2.22. The van der Waals surface area contributed by atoms with Crippen molar-refractivity contribution in [3.8, 4) is 0 Å². The van der Waals surface area contributed by atoms with E-state index < -0.39 is 0 Å². The topological polar surface area (TPSA) is 35.2 Å². The molecule has 0 amide bonds. The summed E-state index contributed by atoms with van der Waals surface area (Å²) in [6, 6.07) is 6.93. The third-order valence-electron chi connectivity index (χ3n) is 2.90. The first kappa shape index (κ1) is 10.7. The Morgan fingerprint density at radius 3 is 2.33 bits per heavy atom. The average Bonchev–Trinajstić information content (AvgIpc) is 2.09. The molecular weight excluding hydrogens is 186 g/mol. The normalized spacial score (nSPS) is 25.0. The second kappa shape index (κ2) is 4.33. The molecule has 2 rings (SSSR count). The van der Waals surface area contributed by atoms with Gasteiger partial charge >= 0.3 is 0 Å². The molecule has 82 valence electrons. The SMILES string of the molecule is Cc1cc(C)cc(COC2CC(N)C2)c1. The Bertz CT molecular complexity index is 322. The second-order valence-corrected chi connectivity index (χ2v) is 4.66. The van der Waals surface area contributed by atoms with Crippen molar-refractivity contribution in [2.45, 2.75) is 45.4 Å². The largest absolute Gasteiger partial charge is 0.373 e. The first-order valence-electron chi connectivity index (χ1n) is 5.58. The minimum atomic E-state index is 0.370.